The fourth-order valence-electron chi connectivity index (χ4n) is 4.67. The molecular weight excluding hydrogens is 474 g/mol. The predicted octanol–water partition coefficient (Wildman–Crippen LogP) is 3.11. The molecule has 0 aliphatic carbocycles. The summed E-state index contributed by atoms with van der Waals surface area (Å²) in [7, 11) is 0. The molecule has 2 aliphatic rings. The van der Waals surface area contributed by atoms with E-state index in [-0.39, 0.29) is 6.04 Å². The first-order valence-electron chi connectivity index (χ1n) is 12.3. The third-order valence-electron chi connectivity index (χ3n) is 5.96. The third-order valence-corrected chi connectivity index (χ3v) is 5.96. The Morgan fingerprint density at radius 1 is 0.889 bits per heavy atom. The fourth-order valence-corrected chi connectivity index (χ4v) is 4.67. The zero-order chi connectivity index (χ0) is 27.4. The van der Waals surface area contributed by atoms with Gasteiger partial charge in [-0.05, 0) is 60.8 Å². The molecule has 6 atom stereocenters. The number of ether oxygens (including phenoxy) is 6. The second-order valence-corrected chi connectivity index (χ2v) is 10.8. The van der Waals surface area contributed by atoms with Gasteiger partial charge in [0.05, 0.1) is 24.9 Å². The lowest BCUT2D eigenvalue weighted by atomic mass is 9.91. The standard InChI is InChI=1S/C25H41NO10/c1-14-20(33-15(2)27)22(35-17(4)29)21(34-16(3)28)19(32-14)12-10-11-18-13-31-25(8,9)26(18)23(30)36-24(5,6)7/h14,18-22H,10-13H2,1-9H3/t14-,18-,19-,20+,21+,22+/m0/s1. The van der Waals surface area contributed by atoms with Crippen molar-refractivity contribution < 1.29 is 47.6 Å². The van der Waals surface area contributed by atoms with Crippen molar-refractivity contribution in [1.29, 1.82) is 0 Å². The van der Waals surface area contributed by atoms with Crippen molar-refractivity contribution in [2.75, 3.05) is 6.61 Å². The van der Waals surface area contributed by atoms with E-state index in [1.807, 2.05) is 34.6 Å². The summed E-state index contributed by atoms with van der Waals surface area (Å²) in [6.07, 6.45) is -2.99. The van der Waals surface area contributed by atoms with E-state index in [2.05, 4.69) is 0 Å². The first-order valence-corrected chi connectivity index (χ1v) is 12.3. The van der Waals surface area contributed by atoms with Gasteiger partial charge in [-0.25, -0.2) is 4.79 Å². The van der Waals surface area contributed by atoms with Crippen LogP contribution in [0, 0.1) is 0 Å². The van der Waals surface area contributed by atoms with Crippen molar-refractivity contribution in [3.05, 3.63) is 0 Å². The van der Waals surface area contributed by atoms with E-state index < -0.39 is 65.8 Å². The highest BCUT2D eigenvalue weighted by Crippen LogP contribution is 2.34. The van der Waals surface area contributed by atoms with Crippen LogP contribution in [0.15, 0.2) is 0 Å². The number of rotatable bonds is 7. The van der Waals surface area contributed by atoms with E-state index in [0.29, 0.717) is 25.9 Å². The zero-order valence-corrected chi connectivity index (χ0v) is 22.8. The number of carbonyl (C=O) groups is 4. The molecule has 2 aliphatic heterocycles. The van der Waals surface area contributed by atoms with Crippen molar-refractivity contribution in [1.82, 2.24) is 4.90 Å². The van der Waals surface area contributed by atoms with Crippen molar-refractivity contribution in [2.45, 2.75) is 129 Å². The number of carbonyl (C=O) groups excluding carboxylic acids is 4. The highest BCUT2D eigenvalue weighted by Gasteiger charge is 2.50. The number of nitrogens with zero attached hydrogens (tertiary/aromatic N) is 1. The largest absolute Gasteiger partial charge is 0.456 e. The minimum Gasteiger partial charge on any atom is -0.456 e. The lowest BCUT2D eigenvalue weighted by molar-refractivity contribution is -0.244. The van der Waals surface area contributed by atoms with Gasteiger partial charge in [-0.2, -0.15) is 0 Å². The Morgan fingerprint density at radius 2 is 1.42 bits per heavy atom. The van der Waals surface area contributed by atoms with Gasteiger partial charge in [0.25, 0.3) is 0 Å². The van der Waals surface area contributed by atoms with Crippen LogP contribution < -0.4 is 0 Å². The van der Waals surface area contributed by atoms with Gasteiger partial charge < -0.3 is 28.4 Å². The van der Waals surface area contributed by atoms with Crippen molar-refractivity contribution in [3.8, 4) is 0 Å². The topological polar surface area (TPSA) is 127 Å². The summed E-state index contributed by atoms with van der Waals surface area (Å²) in [5, 5.41) is 0. The molecule has 0 N–H and O–H groups in total. The predicted molar refractivity (Wildman–Crippen MR) is 127 cm³/mol. The Hall–Kier alpha value is -2.40. The summed E-state index contributed by atoms with van der Waals surface area (Å²) in [5.41, 5.74) is -1.46. The molecule has 0 aromatic carbocycles. The van der Waals surface area contributed by atoms with Gasteiger partial charge in [0, 0.05) is 20.8 Å². The molecule has 11 heteroatoms. The number of amides is 1. The zero-order valence-electron chi connectivity index (χ0n) is 22.8. The van der Waals surface area contributed by atoms with Crippen LogP contribution >= 0.6 is 0 Å². The van der Waals surface area contributed by atoms with E-state index in [1.165, 1.54) is 20.8 Å². The van der Waals surface area contributed by atoms with E-state index in [9.17, 15) is 19.2 Å². The number of esters is 3. The van der Waals surface area contributed by atoms with Gasteiger partial charge in [-0.15, -0.1) is 0 Å². The smallest absolute Gasteiger partial charge is 0.412 e. The van der Waals surface area contributed by atoms with Crippen LogP contribution in [0.5, 0.6) is 0 Å². The van der Waals surface area contributed by atoms with Crippen LogP contribution in [0.25, 0.3) is 0 Å². The summed E-state index contributed by atoms with van der Waals surface area (Å²) in [6, 6.07) is -0.221. The Bertz CT molecular complexity index is 820. The summed E-state index contributed by atoms with van der Waals surface area (Å²) in [6.45, 7) is 14.8. The monoisotopic (exact) mass is 515 g/mol. The van der Waals surface area contributed by atoms with Crippen molar-refractivity contribution in [2.24, 2.45) is 0 Å². The first kappa shape index (κ1) is 29.8. The Morgan fingerprint density at radius 3 is 1.94 bits per heavy atom. The maximum atomic E-state index is 12.9. The Balaban J connectivity index is 2.16. The van der Waals surface area contributed by atoms with Gasteiger partial charge in [0.1, 0.15) is 11.3 Å². The highest BCUT2D eigenvalue weighted by atomic mass is 16.6. The number of hydrogen-bond acceptors (Lipinski definition) is 10. The van der Waals surface area contributed by atoms with Crippen LogP contribution in [0.4, 0.5) is 4.79 Å². The van der Waals surface area contributed by atoms with Crippen LogP contribution in [-0.2, 0) is 42.8 Å². The molecule has 0 spiro atoms. The molecule has 206 valence electrons. The summed E-state index contributed by atoms with van der Waals surface area (Å²) in [4.78, 5) is 49.9. The molecule has 36 heavy (non-hydrogen) atoms. The molecule has 11 nitrogen and oxygen atoms in total. The van der Waals surface area contributed by atoms with Gasteiger partial charge >= 0.3 is 24.0 Å². The van der Waals surface area contributed by atoms with Gasteiger partial charge in [0.15, 0.2) is 18.3 Å². The van der Waals surface area contributed by atoms with Gasteiger partial charge in [-0.1, -0.05) is 0 Å². The Kier molecular flexibility index (Phi) is 9.75. The average Bonchev–Trinajstić information content (AvgIpc) is 2.99. The maximum Gasteiger partial charge on any atom is 0.412 e. The van der Waals surface area contributed by atoms with E-state index in [1.54, 1.807) is 11.8 Å². The molecule has 0 radical (unpaired) electrons. The summed E-state index contributed by atoms with van der Waals surface area (Å²) in [5.74, 6) is -1.75. The van der Waals surface area contributed by atoms with Crippen LogP contribution in [0.3, 0.4) is 0 Å². The SMILES string of the molecule is CC(=O)O[C@@H]1[C@H](OC(C)=O)[C@H](C)O[C@@H](CCC[C@H]2COC(C)(C)N2C(=O)OC(C)(C)C)[C@H]1OC(C)=O. The second-order valence-electron chi connectivity index (χ2n) is 10.8. The van der Waals surface area contributed by atoms with E-state index in [4.69, 9.17) is 28.4 Å². The molecule has 0 bridgehead atoms. The number of hydrogen-bond donors (Lipinski definition) is 0. The highest BCUT2D eigenvalue weighted by molar-refractivity contribution is 5.70. The molecule has 0 unspecified atom stereocenters. The molecule has 0 saturated carbocycles. The van der Waals surface area contributed by atoms with Crippen molar-refractivity contribution >= 4 is 24.0 Å². The van der Waals surface area contributed by atoms with Crippen LogP contribution in [0.2, 0.25) is 0 Å². The maximum absolute atomic E-state index is 12.9. The molecular formula is C25H41NO10. The van der Waals surface area contributed by atoms with Crippen molar-refractivity contribution in [3.63, 3.8) is 0 Å². The van der Waals surface area contributed by atoms with E-state index >= 15 is 0 Å². The molecule has 2 saturated heterocycles. The molecule has 0 aromatic rings. The van der Waals surface area contributed by atoms with Gasteiger partial charge in [-0.3, -0.25) is 19.3 Å². The molecule has 1 amide bonds. The quantitative estimate of drug-likeness (QED) is 0.369. The molecule has 2 heterocycles. The molecule has 2 fully saturated rings. The van der Waals surface area contributed by atoms with Gasteiger partial charge in [0.2, 0.25) is 0 Å². The summed E-state index contributed by atoms with van der Waals surface area (Å²) >= 11 is 0. The minimum absolute atomic E-state index is 0.221. The Labute approximate surface area is 213 Å². The first-order chi connectivity index (χ1) is 16.5. The van der Waals surface area contributed by atoms with E-state index in [0.717, 1.165) is 0 Å². The molecule has 2 rings (SSSR count). The fraction of sp³-hybridized carbons (Fsp3) is 0.840. The second kappa shape index (κ2) is 11.8. The lowest BCUT2D eigenvalue weighted by Gasteiger charge is -2.44. The normalized spacial score (nSPS) is 29.9. The summed E-state index contributed by atoms with van der Waals surface area (Å²) < 4.78 is 33.9. The molecule has 0 aromatic heterocycles. The van der Waals surface area contributed by atoms with Crippen LogP contribution in [-0.4, -0.2) is 83.4 Å². The lowest BCUT2D eigenvalue weighted by Crippen LogP contribution is -2.60. The minimum atomic E-state index is -1.02. The average molecular weight is 516 g/mol. The van der Waals surface area contributed by atoms with Crippen LogP contribution in [0.1, 0.15) is 81.6 Å². The third kappa shape index (κ3) is 8.06.